The highest BCUT2D eigenvalue weighted by molar-refractivity contribution is 6.29. The van der Waals surface area contributed by atoms with Gasteiger partial charge in [0.05, 0.1) is 11.3 Å². The zero-order chi connectivity index (χ0) is 10.7. The molecular weight excluding hydrogens is 212 g/mol. The molecule has 0 bridgehead atoms. The van der Waals surface area contributed by atoms with E-state index in [1.165, 1.54) is 0 Å². The van der Waals surface area contributed by atoms with Crippen LogP contribution in [-0.2, 0) is 6.54 Å². The highest BCUT2D eigenvalue weighted by atomic mass is 35.5. The topological polar surface area (TPSA) is 62.7 Å². The Bertz CT molecular complexity index is 387. The predicted octanol–water partition coefficient (Wildman–Crippen LogP) is 2.00. The van der Waals surface area contributed by atoms with Crippen molar-refractivity contribution in [2.24, 2.45) is 5.73 Å². The van der Waals surface area contributed by atoms with Crippen LogP contribution in [0.1, 0.15) is 23.2 Å². The van der Waals surface area contributed by atoms with Gasteiger partial charge in [-0.2, -0.15) is 5.26 Å². The van der Waals surface area contributed by atoms with E-state index in [0.717, 1.165) is 6.07 Å². The predicted molar refractivity (Wildman–Crippen MR) is 46.8 cm³/mol. The molecule has 0 amide bonds. The van der Waals surface area contributed by atoms with Gasteiger partial charge in [0.15, 0.2) is 0 Å². The summed E-state index contributed by atoms with van der Waals surface area (Å²) in [7, 11) is 0. The maximum absolute atomic E-state index is 12.4. The van der Waals surface area contributed by atoms with Gasteiger partial charge in [-0.15, -0.1) is 0 Å². The maximum Gasteiger partial charge on any atom is 0.265 e. The lowest BCUT2D eigenvalue weighted by atomic mass is 10.1. The number of nitrogens with two attached hydrogens (primary N) is 1. The second kappa shape index (κ2) is 4.31. The number of rotatable bonds is 2. The Morgan fingerprint density at radius 3 is 2.71 bits per heavy atom. The Hall–Kier alpha value is -1.25. The largest absolute Gasteiger partial charge is 0.325 e. The smallest absolute Gasteiger partial charge is 0.265 e. The van der Waals surface area contributed by atoms with E-state index in [9.17, 15) is 8.78 Å². The van der Waals surface area contributed by atoms with Gasteiger partial charge in [0.1, 0.15) is 11.2 Å². The van der Waals surface area contributed by atoms with Gasteiger partial charge >= 0.3 is 0 Å². The Balaban J connectivity index is 3.41. The average Bonchev–Trinajstić information content (AvgIpc) is 2.16. The maximum atomic E-state index is 12.4. The van der Waals surface area contributed by atoms with Crippen molar-refractivity contribution in [3.63, 3.8) is 0 Å². The molecule has 0 radical (unpaired) electrons. The van der Waals surface area contributed by atoms with Gasteiger partial charge < -0.3 is 5.73 Å². The first-order valence-corrected chi connectivity index (χ1v) is 4.05. The lowest BCUT2D eigenvalue weighted by molar-refractivity contribution is 0.151. The molecule has 0 aromatic carbocycles. The lowest BCUT2D eigenvalue weighted by Gasteiger charge is -2.06. The molecule has 0 atom stereocenters. The number of hydrogen-bond donors (Lipinski definition) is 1. The lowest BCUT2D eigenvalue weighted by Crippen LogP contribution is -2.06. The van der Waals surface area contributed by atoms with Crippen LogP contribution >= 0.6 is 11.6 Å². The molecule has 1 aromatic rings. The van der Waals surface area contributed by atoms with E-state index in [4.69, 9.17) is 22.6 Å². The number of pyridine rings is 1. The fourth-order valence-corrected chi connectivity index (χ4v) is 1.25. The molecule has 3 nitrogen and oxygen atoms in total. The van der Waals surface area contributed by atoms with E-state index in [1.54, 1.807) is 6.07 Å². The van der Waals surface area contributed by atoms with Crippen LogP contribution in [-0.4, -0.2) is 4.98 Å². The molecule has 0 fully saturated rings. The third-order valence-corrected chi connectivity index (χ3v) is 1.83. The highest BCUT2D eigenvalue weighted by Gasteiger charge is 2.17. The summed E-state index contributed by atoms with van der Waals surface area (Å²) in [5.41, 5.74) is 4.73. The summed E-state index contributed by atoms with van der Waals surface area (Å²) in [6.45, 7) is -0.0941. The van der Waals surface area contributed by atoms with E-state index >= 15 is 0 Å². The van der Waals surface area contributed by atoms with Crippen LogP contribution < -0.4 is 5.73 Å². The van der Waals surface area contributed by atoms with Gasteiger partial charge in [-0.05, 0) is 6.07 Å². The van der Waals surface area contributed by atoms with Crippen LogP contribution in [0.25, 0.3) is 0 Å². The monoisotopic (exact) mass is 217 g/mol. The average molecular weight is 218 g/mol. The quantitative estimate of drug-likeness (QED) is 0.771. The number of alkyl halides is 2. The zero-order valence-corrected chi connectivity index (χ0v) is 7.72. The summed E-state index contributed by atoms with van der Waals surface area (Å²) in [6.07, 6.45) is -2.75. The molecule has 0 saturated heterocycles. The second-order valence-electron chi connectivity index (χ2n) is 2.47. The Morgan fingerprint density at radius 2 is 2.29 bits per heavy atom. The molecule has 0 spiro atoms. The van der Waals surface area contributed by atoms with Crippen molar-refractivity contribution in [3.05, 3.63) is 28.0 Å². The van der Waals surface area contributed by atoms with Crippen LogP contribution in [0.2, 0.25) is 5.15 Å². The van der Waals surface area contributed by atoms with E-state index in [0.29, 0.717) is 0 Å². The number of hydrogen-bond acceptors (Lipinski definition) is 3. The number of halogens is 3. The van der Waals surface area contributed by atoms with Gasteiger partial charge in [0.25, 0.3) is 6.43 Å². The molecule has 1 heterocycles. The van der Waals surface area contributed by atoms with Crippen molar-refractivity contribution in [2.75, 3.05) is 0 Å². The molecule has 0 aliphatic carbocycles. The van der Waals surface area contributed by atoms with Crippen molar-refractivity contribution >= 4 is 11.6 Å². The minimum absolute atomic E-state index is 0.0836. The van der Waals surface area contributed by atoms with Gasteiger partial charge in [-0.3, -0.25) is 0 Å². The number of aromatic nitrogens is 1. The molecule has 6 heteroatoms. The molecule has 0 saturated carbocycles. The van der Waals surface area contributed by atoms with Crippen molar-refractivity contribution in [3.8, 4) is 6.07 Å². The van der Waals surface area contributed by atoms with Crippen molar-refractivity contribution in [2.45, 2.75) is 13.0 Å². The standard InChI is InChI=1S/C8H6ClF2N3/c9-7-1-4(8(10)11)5(2-12)6(3-13)14-7/h1,8H,3,13H2. The van der Waals surface area contributed by atoms with E-state index in [1.807, 2.05) is 0 Å². The zero-order valence-electron chi connectivity index (χ0n) is 6.97. The van der Waals surface area contributed by atoms with Crippen LogP contribution in [0.15, 0.2) is 6.07 Å². The van der Waals surface area contributed by atoms with Crippen molar-refractivity contribution in [1.29, 1.82) is 5.26 Å². The molecule has 0 aliphatic heterocycles. The minimum atomic E-state index is -2.75. The fraction of sp³-hybridized carbons (Fsp3) is 0.250. The SMILES string of the molecule is N#Cc1c(C(F)F)cc(Cl)nc1CN. The molecule has 74 valence electrons. The molecule has 1 rings (SSSR count). The van der Waals surface area contributed by atoms with E-state index in [2.05, 4.69) is 4.98 Å². The first-order valence-electron chi connectivity index (χ1n) is 3.67. The highest BCUT2D eigenvalue weighted by Crippen LogP contribution is 2.26. The molecule has 2 N–H and O–H groups in total. The summed E-state index contributed by atoms with van der Waals surface area (Å²) >= 11 is 5.49. The van der Waals surface area contributed by atoms with Gasteiger partial charge in [0.2, 0.25) is 0 Å². The fourth-order valence-electron chi connectivity index (χ4n) is 1.03. The van der Waals surface area contributed by atoms with Crippen LogP contribution in [0.3, 0.4) is 0 Å². The second-order valence-corrected chi connectivity index (χ2v) is 2.86. The van der Waals surface area contributed by atoms with Crippen molar-refractivity contribution < 1.29 is 8.78 Å². The summed E-state index contributed by atoms with van der Waals surface area (Å²) in [5.74, 6) is 0. The van der Waals surface area contributed by atoms with Crippen molar-refractivity contribution in [1.82, 2.24) is 4.98 Å². The first kappa shape index (κ1) is 10.8. The van der Waals surface area contributed by atoms with Crippen LogP contribution in [0.4, 0.5) is 8.78 Å². The van der Waals surface area contributed by atoms with Gasteiger partial charge in [-0.1, -0.05) is 11.6 Å². The van der Waals surface area contributed by atoms with E-state index in [-0.39, 0.29) is 23.0 Å². The molecule has 0 aliphatic rings. The van der Waals surface area contributed by atoms with E-state index < -0.39 is 12.0 Å². The normalized spacial score (nSPS) is 10.3. The first-order chi connectivity index (χ1) is 6.60. The third-order valence-electron chi connectivity index (χ3n) is 1.63. The van der Waals surface area contributed by atoms with Crippen LogP contribution in [0, 0.1) is 11.3 Å². The summed E-state index contributed by atoms with van der Waals surface area (Å²) in [6, 6.07) is 2.62. The Labute approximate surface area is 84.1 Å². The van der Waals surface area contributed by atoms with Gasteiger partial charge in [0, 0.05) is 12.1 Å². The van der Waals surface area contributed by atoms with Gasteiger partial charge in [-0.25, -0.2) is 13.8 Å². The molecular formula is C8H6ClF2N3. The third kappa shape index (κ3) is 1.97. The summed E-state index contributed by atoms with van der Waals surface area (Å²) in [5, 5.41) is 8.56. The number of nitriles is 1. The summed E-state index contributed by atoms with van der Waals surface area (Å²) in [4.78, 5) is 3.69. The molecule has 14 heavy (non-hydrogen) atoms. The Morgan fingerprint density at radius 1 is 1.64 bits per heavy atom. The molecule has 1 aromatic heterocycles. The minimum Gasteiger partial charge on any atom is -0.325 e. The summed E-state index contributed by atoms with van der Waals surface area (Å²) < 4.78 is 24.9. The Kier molecular flexibility index (Phi) is 3.33. The van der Waals surface area contributed by atoms with Crippen LogP contribution in [0.5, 0.6) is 0 Å². The molecule has 0 unspecified atom stereocenters. The number of nitrogens with zero attached hydrogens (tertiary/aromatic N) is 2.